The SMILES string of the molecule is CC(C)(CCO)S(=O)(=O)c1c(Cl)ccc(NC(=O)N[C@@H]2CCC=C2Cl)c1O. The average molecular weight is 437 g/mol. The molecule has 1 aromatic carbocycles. The molecule has 0 spiro atoms. The molecule has 150 valence electrons. The number of nitrogens with one attached hydrogen (secondary N) is 2. The topological polar surface area (TPSA) is 116 Å². The monoisotopic (exact) mass is 436 g/mol. The van der Waals surface area contributed by atoms with Crippen LogP contribution in [-0.2, 0) is 9.84 Å². The van der Waals surface area contributed by atoms with Crippen LogP contribution in [0.4, 0.5) is 10.5 Å². The van der Waals surface area contributed by atoms with Crippen molar-refractivity contribution in [3.8, 4) is 5.75 Å². The molecule has 0 saturated carbocycles. The molecule has 27 heavy (non-hydrogen) atoms. The third-order valence-electron chi connectivity index (χ3n) is 4.47. The minimum atomic E-state index is -4.10. The van der Waals surface area contributed by atoms with Gasteiger partial charge in [0.1, 0.15) is 4.90 Å². The second-order valence-corrected chi connectivity index (χ2v) is 10.2. The van der Waals surface area contributed by atoms with Crippen LogP contribution in [0, 0.1) is 0 Å². The van der Waals surface area contributed by atoms with Crippen molar-refractivity contribution < 1.29 is 23.4 Å². The third-order valence-corrected chi connectivity index (χ3v) is 7.93. The first kappa shape index (κ1) is 21.8. The molecule has 0 aromatic heterocycles. The molecule has 4 N–H and O–H groups in total. The lowest BCUT2D eigenvalue weighted by atomic mass is 10.1. The number of rotatable bonds is 6. The second kappa shape index (κ2) is 8.26. The molecule has 0 aliphatic heterocycles. The molecule has 0 fully saturated rings. The van der Waals surface area contributed by atoms with Gasteiger partial charge in [-0.3, -0.25) is 0 Å². The van der Waals surface area contributed by atoms with Gasteiger partial charge in [0.25, 0.3) is 0 Å². The summed E-state index contributed by atoms with van der Waals surface area (Å²) < 4.78 is 24.5. The largest absolute Gasteiger partial charge is 0.504 e. The molecule has 0 radical (unpaired) electrons. The van der Waals surface area contributed by atoms with E-state index < -0.39 is 31.3 Å². The number of phenols is 1. The average Bonchev–Trinajstić information content (AvgIpc) is 2.95. The van der Waals surface area contributed by atoms with Crippen molar-refractivity contribution in [2.24, 2.45) is 0 Å². The first-order chi connectivity index (χ1) is 12.5. The zero-order valence-electron chi connectivity index (χ0n) is 14.9. The second-order valence-electron chi connectivity index (χ2n) is 6.83. The first-order valence-electron chi connectivity index (χ1n) is 8.31. The standard InChI is InChI=1S/C17H22Cl2N2O5S/c1-17(2,8-9-22)27(25,26)15-11(19)6-7-13(14(15)23)21-16(24)20-12-5-3-4-10(12)18/h4,6-7,12,22-23H,3,5,8-9H2,1-2H3,(H2,20,21,24)/t12-/m1/s1. The van der Waals surface area contributed by atoms with Gasteiger partial charge in [-0.05, 0) is 45.2 Å². The molecule has 0 heterocycles. The molecule has 0 saturated heterocycles. The fourth-order valence-corrected chi connectivity index (χ4v) is 5.04. The van der Waals surface area contributed by atoms with Crippen LogP contribution in [0.2, 0.25) is 5.02 Å². The molecule has 7 nitrogen and oxygen atoms in total. The summed E-state index contributed by atoms with van der Waals surface area (Å²) >= 11 is 12.0. The van der Waals surface area contributed by atoms with Crippen molar-refractivity contribution in [1.82, 2.24) is 5.32 Å². The number of hydrogen-bond donors (Lipinski definition) is 4. The van der Waals surface area contributed by atoms with Gasteiger partial charge >= 0.3 is 6.03 Å². The number of aliphatic hydroxyl groups is 1. The van der Waals surface area contributed by atoms with Gasteiger partial charge in [0, 0.05) is 11.6 Å². The van der Waals surface area contributed by atoms with Gasteiger partial charge in [0.05, 0.1) is 21.5 Å². The molecular weight excluding hydrogens is 415 g/mol. The van der Waals surface area contributed by atoms with Gasteiger partial charge < -0.3 is 20.8 Å². The van der Waals surface area contributed by atoms with E-state index in [-0.39, 0.29) is 29.8 Å². The smallest absolute Gasteiger partial charge is 0.319 e. The fourth-order valence-electron chi connectivity index (χ4n) is 2.71. The molecular formula is C17H22Cl2N2O5S. The van der Waals surface area contributed by atoms with Crippen LogP contribution in [0.15, 0.2) is 28.1 Å². The lowest BCUT2D eigenvalue weighted by Crippen LogP contribution is -2.37. The Hall–Kier alpha value is -1.48. The van der Waals surface area contributed by atoms with Crippen LogP contribution in [-0.4, -0.2) is 42.1 Å². The van der Waals surface area contributed by atoms with Crippen molar-refractivity contribution in [3.63, 3.8) is 0 Å². The molecule has 0 unspecified atom stereocenters. The Morgan fingerprint density at radius 1 is 1.33 bits per heavy atom. The van der Waals surface area contributed by atoms with E-state index in [1.807, 2.05) is 0 Å². The number of aromatic hydroxyl groups is 1. The zero-order valence-corrected chi connectivity index (χ0v) is 17.2. The Balaban J connectivity index is 2.32. The highest BCUT2D eigenvalue weighted by atomic mass is 35.5. The van der Waals surface area contributed by atoms with Gasteiger partial charge in [0.15, 0.2) is 15.6 Å². The van der Waals surface area contributed by atoms with E-state index in [9.17, 15) is 18.3 Å². The summed E-state index contributed by atoms with van der Waals surface area (Å²) in [6, 6.07) is 1.62. The summed E-state index contributed by atoms with van der Waals surface area (Å²) in [7, 11) is -4.10. The quantitative estimate of drug-likeness (QED) is 0.510. The summed E-state index contributed by atoms with van der Waals surface area (Å²) in [5, 5.41) is 25.1. The van der Waals surface area contributed by atoms with E-state index in [1.165, 1.54) is 26.0 Å². The highest BCUT2D eigenvalue weighted by Gasteiger charge is 2.39. The molecule has 1 aliphatic carbocycles. The van der Waals surface area contributed by atoms with E-state index in [0.717, 1.165) is 6.42 Å². The highest BCUT2D eigenvalue weighted by molar-refractivity contribution is 7.93. The number of benzene rings is 1. The zero-order chi connectivity index (χ0) is 20.4. The summed E-state index contributed by atoms with van der Waals surface area (Å²) in [4.78, 5) is 11.7. The van der Waals surface area contributed by atoms with E-state index in [1.54, 1.807) is 6.08 Å². The summed E-state index contributed by atoms with van der Waals surface area (Å²) in [6.45, 7) is 2.51. The van der Waals surface area contributed by atoms with Gasteiger partial charge in [-0.15, -0.1) is 0 Å². The Morgan fingerprint density at radius 3 is 2.56 bits per heavy atom. The molecule has 0 bridgehead atoms. The molecule has 2 amide bonds. The van der Waals surface area contributed by atoms with Crippen molar-refractivity contribution >= 4 is 44.8 Å². The van der Waals surface area contributed by atoms with E-state index in [2.05, 4.69) is 10.6 Å². The van der Waals surface area contributed by atoms with Crippen LogP contribution in [0.5, 0.6) is 5.75 Å². The Morgan fingerprint density at radius 2 is 2.00 bits per heavy atom. The van der Waals surface area contributed by atoms with Crippen LogP contribution < -0.4 is 10.6 Å². The lowest BCUT2D eigenvalue weighted by molar-refractivity contribution is 0.250. The maximum atomic E-state index is 12.9. The predicted molar refractivity (Wildman–Crippen MR) is 105 cm³/mol. The Bertz CT molecular complexity index is 868. The third kappa shape index (κ3) is 4.51. The molecule has 1 atom stereocenters. The number of anilines is 1. The normalized spacial score (nSPS) is 17.5. The number of hydrogen-bond acceptors (Lipinski definition) is 5. The Kier molecular flexibility index (Phi) is 6.68. The molecule has 1 aliphatic rings. The van der Waals surface area contributed by atoms with Gasteiger partial charge in [0.2, 0.25) is 0 Å². The number of halogens is 2. The highest BCUT2D eigenvalue weighted by Crippen LogP contribution is 2.42. The van der Waals surface area contributed by atoms with Crippen LogP contribution in [0.25, 0.3) is 0 Å². The van der Waals surface area contributed by atoms with Crippen molar-refractivity contribution in [2.75, 3.05) is 11.9 Å². The molecule has 2 rings (SSSR count). The summed E-state index contributed by atoms with van der Waals surface area (Å²) in [5.74, 6) is -0.656. The number of allylic oxidation sites excluding steroid dienone is 1. The minimum absolute atomic E-state index is 0.0459. The van der Waals surface area contributed by atoms with Crippen LogP contribution in [0.3, 0.4) is 0 Å². The van der Waals surface area contributed by atoms with E-state index >= 15 is 0 Å². The Labute approximate surface area is 168 Å². The number of aliphatic hydroxyl groups excluding tert-OH is 1. The maximum Gasteiger partial charge on any atom is 0.319 e. The van der Waals surface area contributed by atoms with Crippen molar-refractivity contribution in [2.45, 2.75) is 48.8 Å². The van der Waals surface area contributed by atoms with Crippen LogP contribution in [0.1, 0.15) is 33.1 Å². The fraction of sp³-hybridized carbons (Fsp3) is 0.471. The van der Waals surface area contributed by atoms with Crippen LogP contribution >= 0.6 is 23.2 Å². The van der Waals surface area contributed by atoms with Gasteiger partial charge in [-0.25, -0.2) is 13.2 Å². The minimum Gasteiger partial charge on any atom is -0.504 e. The predicted octanol–water partition coefficient (Wildman–Crippen LogP) is 3.39. The number of urea groups is 1. The summed E-state index contributed by atoms with van der Waals surface area (Å²) in [6.07, 6.45) is 3.17. The lowest BCUT2D eigenvalue weighted by Gasteiger charge is -2.25. The maximum absolute atomic E-state index is 12.9. The number of carbonyl (C=O) groups is 1. The number of phenolic OH excluding ortho intramolecular Hbond substituents is 1. The molecule has 10 heteroatoms. The van der Waals surface area contributed by atoms with Gasteiger partial charge in [-0.1, -0.05) is 29.3 Å². The summed E-state index contributed by atoms with van der Waals surface area (Å²) in [5.41, 5.74) is -0.103. The van der Waals surface area contributed by atoms with Crippen molar-refractivity contribution in [3.05, 3.63) is 28.3 Å². The van der Waals surface area contributed by atoms with Crippen molar-refractivity contribution in [1.29, 1.82) is 0 Å². The number of amides is 2. The first-order valence-corrected chi connectivity index (χ1v) is 10.5. The number of carbonyl (C=O) groups excluding carboxylic acids is 1. The molecule has 1 aromatic rings. The van der Waals surface area contributed by atoms with Gasteiger partial charge in [-0.2, -0.15) is 0 Å². The van der Waals surface area contributed by atoms with E-state index in [0.29, 0.717) is 11.5 Å². The van der Waals surface area contributed by atoms with E-state index in [4.69, 9.17) is 28.3 Å². The number of sulfone groups is 1.